The summed E-state index contributed by atoms with van der Waals surface area (Å²) in [7, 11) is 0. The molecule has 2 N–H and O–H groups in total. The Morgan fingerprint density at radius 3 is 3.14 bits per heavy atom. The van der Waals surface area contributed by atoms with Gasteiger partial charge in [0.25, 0.3) is 5.91 Å². The average molecular weight is 320 g/mol. The first-order valence-electron chi connectivity index (χ1n) is 7.52. The maximum Gasteiger partial charge on any atom is 0.252 e. The molecule has 3 heterocycles. The predicted octanol–water partition coefficient (Wildman–Crippen LogP) is 0.322. The Morgan fingerprint density at radius 1 is 1.50 bits per heavy atom. The fourth-order valence-electron chi connectivity index (χ4n) is 2.80. The van der Waals surface area contributed by atoms with Gasteiger partial charge in [-0.3, -0.25) is 14.6 Å². The second kappa shape index (κ2) is 7.11. The fraction of sp³-hybridized carbons (Fsp3) is 0.533. The second-order valence-electron chi connectivity index (χ2n) is 5.65. The molecule has 0 unspecified atom stereocenters. The highest BCUT2D eigenvalue weighted by Gasteiger charge is 2.33. The standard InChI is InChI=1S/C15H20N4O2S/c20-14(12-2-1-3-16-9-12)18-8-11-6-13(17-7-11)15(21)19-4-5-22-10-19/h1-3,9,11,13,17H,4-8,10H2,(H,18,20)/t11-,13-/m0/s1. The van der Waals surface area contributed by atoms with Crippen molar-refractivity contribution in [3.05, 3.63) is 30.1 Å². The Balaban J connectivity index is 1.45. The van der Waals surface area contributed by atoms with Gasteiger partial charge in [0, 0.05) is 37.8 Å². The van der Waals surface area contributed by atoms with E-state index in [1.165, 1.54) is 0 Å². The van der Waals surface area contributed by atoms with Crippen molar-refractivity contribution in [1.29, 1.82) is 0 Å². The van der Waals surface area contributed by atoms with Crippen molar-refractivity contribution in [3.63, 3.8) is 0 Å². The van der Waals surface area contributed by atoms with E-state index < -0.39 is 0 Å². The van der Waals surface area contributed by atoms with Crippen molar-refractivity contribution in [1.82, 2.24) is 20.5 Å². The van der Waals surface area contributed by atoms with Gasteiger partial charge in [-0.1, -0.05) is 0 Å². The number of amides is 2. The van der Waals surface area contributed by atoms with Crippen LogP contribution < -0.4 is 10.6 Å². The molecule has 0 saturated carbocycles. The van der Waals surface area contributed by atoms with Crippen LogP contribution in [0.3, 0.4) is 0 Å². The third-order valence-corrected chi connectivity index (χ3v) is 5.02. The Morgan fingerprint density at radius 2 is 2.41 bits per heavy atom. The largest absolute Gasteiger partial charge is 0.352 e. The van der Waals surface area contributed by atoms with E-state index in [-0.39, 0.29) is 17.9 Å². The molecule has 6 nitrogen and oxygen atoms in total. The number of hydrogen-bond acceptors (Lipinski definition) is 5. The zero-order chi connectivity index (χ0) is 15.4. The van der Waals surface area contributed by atoms with E-state index in [1.54, 1.807) is 36.3 Å². The zero-order valence-electron chi connectivity index (χ0n) is 12.3. The lowest BCUT2D eigenvalue weighted by Crippen LogP contribution is -2.42. The summed E-state index contributed by atoms with van der Waals surface area (Å²) in [6.45, 7) is 2.20. The monoisotopic (exact) mass is 320 g/mol. The van der Waals surface area contributed by atoms with Gasteiger partial charge in [-0.2, -0.15) is 0 Å². The van der Waals surface area contributed by atoms with Gasteiger partial charge < -0.3 is 15.5 Å². The third-order valence-electron chi connectivity index (χ3n) is 4.06. The Bertz CT molecular complexity index is 534. The number of pyridine rings is 1. The molecule has 2 atom stereocenters. The van der Waals surface area contributed by atoms with Gasteiger partial charge in [0.1, 0.15) is 0 Å². The average Bonchev–Trinajstić information content (AvgIpc) is 3.24. The molecule has 2 amide bonds. The molecule has 0 spiro atoms. The molecular formula is C15H20N4O2S. The summed E-state index contributed by atoms with van der Waals surface area (Å²) in [6.07, 6.45) is 3.98. The number of rotatable bonds is 4. The lowest BCUT2D eigenvalue weighted by molar-refractivity contribution is -0.131. The van der Waals surface area contributed by atoms with Crippen LogP contribution >= 0.6 is 11.8 Å². The van der Waals surface area contributed by atoms with Gasteiger partial charge in [0.15, 0.2) is 0 Å². The van der Waals surface area contributed by atoms with Crippen LogP contribution in [0.1, 0.15) is 16.8 Å². The summed E-state index contributed by atoms with van der Waals surface area (Å²) in [5, 5.41) is 6.20. The van der Waals surface area contributed by atoms with Crippen molar-refractivity contribution in [3.8, 4) is 0 Å². The van der Waals surface area contributed by atoms with Crippen LogP contribution in [0.2, 0.25) is 0 Å². The minimum absolute atomic E-state index is 0.0982. The van der Waals surface area contributed by atoms with Crippen LogP contribution in [0.4, 0.5) is 0 Å². The molecule has 3 rings (SSSR count). The van der Waals surface area contributed by atoms with E-state index in [9.17, 15) is 9.59 Å². The minimum Gasteiger partial charge on any atom is -0.352 e. The fourth-order valence-corrected chi connectivity index (χ4v) is 3.75. The quantitative estimate of drug-likeness (QED) is 0.836. The highest BCUT2D eigenvalue weighted by atomic mass is 32.2. The number of nitrogens with one attached hydrogen (secondary N) is 2. The van der Waals surface area contributed by atoms with Crippen LogP contribution in [0.25, 0.3) is 0 Å². The summed E-state index contributed by atoms with van der Waals surface area (Å²) in [5.74, 6) is 2.22. The number of nitrogens with zero attached hydrogens (tertiary/aromatic N) is 2. The molecule has 2 aliphatic rings. The summed E-state index contributed by atoms with van der Waals surface area (Å²) < 4.78 is 0. The third kappa shape index (κ3) is 3.59. The molecule has 2 fully saturated rings. The van der Waals surface area contributed by atoms with Gasteiger partial charge in [-0.05, 0) is 24.5 Å². The molecule has 2 saturated heterocycles. The van der Waals surface area contributed by atoms with Crippen molar-refractivity contribution in [2.24, 2.45) is 5.92 Å². The number of hydrogen-bond donors (Lipinski definition) is 2. The van der Waals surface area contributed by atoms with E-state index in [2.05, 4.69) is 15.6 Å². The smallest absolute Gasteiger partial charge is 0.252 e. The van der Waals surface area contributed by atoms with E-state index in [0.29, 0.717) is 18.0 Å². The molecule has 22 heavy (non-hydrogen) atoms. The lowest BCUT2D eigenvalue weighted by atomic mass is 10.0. The predicted molar refractivity (Wildman–Crippen MR) is 85.5 cm³/mol. The normalized spacial score (nSPS) is 24.5. The first kappa shape index (κ1) is 15.3. The van der Waals surface area contributed by atoms with E-state index in [4.69, 9.17) is 0 Å². The van der Waals surface area contributed by atoms with Crippen LogP contribution in [0.5, 0.6) is 0 Å². The number of thioether (sulfide) groups is 1. The van der Waals surface area contributed by atoms with Gasteiger partial charge in [0.2, 0.25) is 5.91 Å². The Labute approximate surface area is 134 Å². The molecule has 0 aromatic carbocycles. The van der Waals surface area contributed by atoms with E-state index >= 15 is 0 Å². The molecule has 0 bridgehead atoms. The first-order chi connectivity index (χ1) is 10.7. The van der Waals surface area contributed by atoms with Gasteiger partial charge in [0.05, 0.1) is 17.5 Å². The highest BCUT2D eigenvalue weighted by molar-refractivity contribution is 7.99. The Hall–Kier alpha value is -1.60. The molecule has 0 aliphatic carbocycles. The molecule has 1 aromatic rings. The summed E-state index contributed by atoms with van der Waals surface area (Å²) in [4.78, 5) is 30.1. The maximum absolute atomic E-state index is 12.3. The Kier molecular flexibility index (Phi) is 4.94. The molecule has 0 radical (unpaired) electrons. The van der Waals surface area contributed by atoms with Crippen LogP contribution in [-0.4, -0.2) is 59.0 Å². The van der Waals surface area contributed by atoms with Crippen molar-refractivity contribution < 1.29 is 9.59 Å². The van der Waals surface area contributed by atoms with Crippen molar-refractivity contribution in [2.45, 2.75) is 12.5 Å². The number of aromatic nitrogens is 1. The second-order valence-corrected chi connectivity index (χ2v) is 6.73. The molecule has 7 heteroatoms. The van der Waals surface area contributed by atoms with Gasteiger partial charge in [-0.25, -0.2) is 0 Å². The van der Waals surface area contributed by atoms with Crippen LogP contribution in [0.15, 0.2) is 24.5 Å². The van der Waals surface area contributed by atoms with E-state index in [1.807, 2.05) is 4.90 Å². The van der Waals surface area contributed by atoms with Crippen LogP contribution in [0, 0.1) is 5.92 Å². The van der Waals surface area contributed by atoms with Crippen molar-refractivity contribution in [2.75, 3.05) is 31.3 Å². The number of carbonyl (C=O) groups excluding carboxylic acids is 2. The first-order valence-corrected chi connectivity index (χ1v) is 8.67. The van der Waals surface area contributed by atoms with Gasteiger partial charge in [-0.15, -0.1) is 11.8 Å². The minimum atomic E-state index is -0.112. The maximum atomic E-state index is 12.3. The highest BCUT2D eigenvalue weighted by Crippen LogP contribution is 2.19. The van der Waals surface area contributed by atoms with E-state index in [0.717, 1.165) is 31.1 Å². The topological polar surface area (TPSA) is 74.3 Å². The van der Waals surface area contributed by atoms with Crippen molar-refractivity contribution >= 4 is 23.6 Å². The van der Waals surface area contributed by atoms with Crippen LogP contribution in [-0.2, 0) is 4.79 Å². The summed E-state index contributed by atoms with van der Waals surface area (Å²) in [6, 6.07) is 3.39. The number of carbonyl (C=O) groups is 2. The molecule has 2 aliphatic heterocycles. The zero-order valence-corrected chi connectivity index (χ0v) is 13.1. The molecule has 1 aromatic heterocycles. The molecule has 118 valence electrons. The summed E-state index contributed by atoms with van der Waals surface area (Å²) >= 11 is 1.80. The van der Waals surface area contributed by atoms with Gasteiger partial charge >= 0.3 is 0 Å². The lowest BCUT2D eigenvalue weighted by Gasteiger charge is -2.19. The summed E-state index contributed by atoms with van der Waals surface area (Å²) in [5.41, 5.74) is 0.565. The SMILES string of the molecule is O=C(NC[C@@H]1CN[C@H](C(=O)N2CCSC2)C1)c1cccnc1. The molecular weight excluding hydrogens is 300 g/mol.